The van der Waals surface area contributed by atoms with Crippen molar-refractivity contribution in [1.29, 1.82) is 0 Å². The van der Waals surface area contributed by atoms with E-state index in [1.807, 2.05) is 30.1 Å². The van der Waals surface area contributed by atoms with Crippen molar-refractivity contribution in [3.05, 3.63) is 53.6 Å². The SMILES string of the molecule is COc1ccc(CN(C)CC(=O)Nc2ccc(C(=O)OC(C)C)cc2)cc1OC. The number of nitrogens with one attached hydrogen (secondary N) is 1. The van der Waals surface area contributed by atoms with E-state index >= 15 is 0 Å². The first kappa shape index (κ1) is 22.2. The Morgan fingerprint density at radius 3 is 2.24 bits per heavy atom. The van der Waals surface area contributed by atoms with Crippen LogP contribution in [-0.2, 0) is 16.1 Å². The van der Waals surface area contributed by atoms with Crippen molar-refractivity contribution in [2.45, 2.75) is 26.5 Å². The summed E-state index contributed by atoms with van der Waals surface area (Å²) >= 11 is 0. The minimum Gasteiger partial charge on any atom is -0.493 e. The van der Waals surface area contributed by atoms with Crippen molar-refractivity contribution in [3.8, 4) is 11.5 Å². The summed E-state index contributed by atoms with van der Waals surface area (Å²) < 4.78 is 15.7. The predicted molar refractivity (Wildman–Crippen MR) is 112 cm³/mol. The van der Waals surface area contributed by atoms with Gasteiger partial charge in [0.2, 0.25) is 5.91 Å². The molecule has 156 valence electrons. The van der Waals surface area contributed by atoms with Gasteiger partial charge >= 0.3 is 5.97 Å². The Morgan fingerprint density at radius 2 is 1.66 bits per heavy atom. The van der Waals surface area contributed by atoms with Crippen molar-refractivity contribution in [1.82, 2.24) is 4.90 Å². The molecule has 29 heavy (non-hydrogen) atoms. The molecule has 0 spiro atoms. The Kier molecular flexibility index (Phi) is 8.03. The number of rotatable bonds is 9. The normalized spacial score (nSPS) is 10.7. The third kappa shape index (κ3) is 6.80. The molecule has 0 aromatic heterocycles. The smallest absolute Gasteiger partial charge is 0.338 e. The average molecular weight is 400 g/mol. The summed E-state index contributed by atoms with van der Waals surface area (Å²) in [6.07, 6.45) is -0.178. The molecule has 0 unspecified atom stereocenters. The number of anilines is 1. The first-order valence-electron chi connectivity index (χ1n) is 9.32. The minimum atomic E-state index is -0.382. The molecule has 0 radical (unpaired) electrons. The van der Waals surface area contributed by atoms with Crippen LogP contribution < -0.4 is 14.8 Å². The molecular formula is C22H28N2O5. The van der Waals surface area contributed by atoms with Gasteiger partial charge in [-0.05, 0) is 62.9 Å². The highest BCUT2D eigenvalue weighted by molar-refractivity contribution is 5.94. The standard InChI is InChI=1S/C22H28N2O5/c1-15(2)29-22(26)17-7-9-18(10-8-17)23-21(25)14-24(3)13-16-6-11-19(27-4)20(12-16)28-5/h6-12,15H,13-14H2,1-5H3,(H,23,25). The lowest BCUT2D eigenvalue weighted by Crippen LogP contribution is -2.29. The topological polar surface area (TPSA) is 77.1 Å². The van der Waals surface area contributed by atoms with Gasteiger partial charge in [-0.15, -0.1) is 0 Å². The Morgan fingerprint density at radius 1 is 1.00 bits per heavy atom. The van der Waals surface area contributed by atoms with Crippen LogP contribution in [0, 0.1) is 0 Å². The fraction of sp³-hybridized carbons (Fsp3) is 0.364. The van der Waals surface area contributed by atoms with E-state index in [4.69, 9.17) is 14.2 Å². The molecule has 2 rings (SSSR count). The van der Waals surface area contributed by atoms with Gasteiger partial charge in [-0.2, -0.15) is 0 Å². The second kappa shape index (κ2) is 10.5. The largest absolute Gasteiger partial charge is 0.493 e. The lowest BCUT2D eigenvalue weighted by molar-refractivity contribution is -0.117. The van der Waals surface area contributed by atoms with E-state index in [-0.39, 0.29) is 24.5 Å². The van der Waals surface area contributed by atoms with Gasteiger partial charge in [-0.3, -0.25) is 9.69 Å². The quantitative estimate of drug-likeness (QED) is 0.651. The van der Waals surface area contributed by atoms with E-state index < -0.39 is 0 Å². The summed E-state index contributed by atoms with van der Waals surface area (Å²) in [4.78, 5) is 26.1. The molecule has 7 heteroatoms. The number of carbonyl (C=O) groups excluding carboxylic acids is 2. The van der Waals surface area contributed by atoms with Crippen LogP contribution in [0.2, 0.25) is 0 Å². The predicted octanol–water partition coefficient (Wildman–Crippen LogP) is 3.34. The zero-order valence-corrected chi connectivity index (χ0v) is 17.5. The first-order valence-corrected chi connectivity index (χ1v) is 9.32. The first-order chi connectivity index (χ1) is 13.8. The Hall–Kier alpha value is -3.06. The van der Waals surface area contributed by atoms with Gasteiger partial charge in [-0.25, -0.2) is 4.79 Å². The molecule has 0 aliphatic rings. The van der Waals surface area contributed by atoms with E-state index in [1.54, 1.807) is 52.3 Å². The third-order valence-electron chi connectivity index (χ3n) is 4.06. The molecule has 1 amide bonds. The molecule has 0 saturated carbocycles. The number of carbonyl (C=O) groups is 2. The van der Waals surface area contributed by atoms with Crippen molar-refractivity contribution < 1.29 is 23.8 Å². The number of benzene rings is 2. The molecule has 0 fully saturated rings. The fourth-order valence-corrected chi connectivity index (χ4v) is 2.76. The van der Waals surface area contributed by atoms with E-state index in [2.05, 4.69) is 5.32 Å². The maximum Gasteiger partial charge on any atom is 0.338 e. The number of esters is 1. The van der Waals surface area contributed by atoms with Crippen molar-refractivity contribution in [2.75, 3.05) is 33.1 Å². The van der Waals surface area contributed by atoms with Crippen LogP contribution in [0.4, 0.5) is 5.69 Å². The summed E-state index contributed by atoms with van der Waals surface area (Å²) in [6.45, 7) is 4.38. The van der Waals surface area contributed by atoms with E-state index in [9.17, 15) is 9.59 Å². The molecular weight excluding hydrogens is 372 g/mol. The number of amides is 1. The van der Waals surface area contributed by atoms with Gasteiger partial charge < -0.3 is 19.5 Å². The summed E-state index contributed by atoms with van der Waals surface area (Å²) in [5.41, 5.74) is 2.07. The fourth-order valence-electron chi connectivity index (χ4n) is 2.76. The summed E-state index contributed by atoms with van der Waals surface area (Å²) in [5.74, 6) is 0.786. The van der Waals surface area contributed by atoms with Crippen LogP contribution >= 0.6 is 0 Å². The molecule has 2 aromatic carbocycles. The van der Waals surface area contributed by atoms with Gasteiger partial charge in [0.25, 0.3) is 0 Å². The number of likely N-dealkylation sites (N-methyl/N-ethyl adjacent to an activating group) is 1. The average Bonchev–Trinajstić information content (AvgIpc) is 2.67. The molecule has 0 heterocycles. The van der Waals surface area contributed by atoms with Crippen LogP contribution in [0.15, 0.2) is 42.5 Å². The van der Waals surface area contributed by atoms with Crippen molar-refractivity contribution >= 4 is 17.6 Å². The van der Waals surface area contributed by atoms with Crippen LogP contribution in [0.25, 0.3) is 0 Å². The van der Waals surface area contributed by atoms with Crippen molar-refractivity contribution in [2.24, 2.45) is 0 Å². The number of ether oxygens (including phenoxy) is 3. The minimum absolute atomic E-state index is 0.148. The van der Waals surface area contributed by atoms with Gasteiger partial charge in [0, 0.05) is 12.2 Å². The number of hydrogen-bond acceptors (Lipinski definition) is 6. The second-order valence-corrected chi connectivity index (χ2v) is 6.94. The second-order valence-electron chi connectivity index (χ2n) is 6.94. The van der Waals surface area contributed by atoms with Gasteiger partial charge in [-0.1, -0.05) is 6.07 Å². The number of methoxy groups -OCH3 is 2. The van der Waals surface area contributed by atoms with Crippen LogP contribution in [0.5, 0.6) is 11.5 Å². The zero-order valence-electron chi connectivity index (χ0n) is 17.5. The lowest BCUT2D eigenvalue weighted by atomic mass is 10.2. The monoisotopic (exact) mass is 400 g/mol. The van der Waals surface area contributed by atoms with E-state index in [0.29, 0.717) is 29.3 Å². The maximum atomic E-state index is 12.3. The van der Waals surface area contributed by atoms with Gasteiger partial charge in [0.1, 0.15) is 0 Å². The Bertz CT molecular complexity index is 834. The Balaban J connectivity index is 1.89. The highest BCUT2D eigenvalue weighted by Gasteiger charge is 2.12. The highest BCUT2D eigenvalue weighted by Crippen LogP contribution is 2.27. The van der Waals surface area contributed by atoms with E-state index in [1.165, 1.54) is 0 Å². The lowest BCUT2D eigenvalue weighted by Gasteiger charge is -2.17. The number of hydrogen-bond donors (Lipinski definition) is 1. The van der Waals surface area contributed by atoms with Crippen molar-refractivity contribution in [3.63, 3.8) is 0 Å². The third-order valence-corrected chi connectivity index (χ3v) is 4.06. The van der Waals surface area contributed by atoms with E-state index in [0.717, 1.165) is 5.56 Å². The highest BCUT2D eigenvalue weighted by atomic mass is 16.5. The maximum absolute atomic E-state index is 12.3. The molecule has 2 aromatic rings. The van der Waals surface area contributed by atoms with Gasteiger partial charge in [0.15, 0.2) is 11.5 Å². The van der Waals surface area contributed by atoms with Crippen LogP contribution in [0.3, 0.4) is 0 Å². The molecule has 7 nitrogen and oxygen atoms in total. The molecule has 0 bridgehead atoms. The molecule has 0 atom stereocenters. The Labute approximate surface area is 171 Å². The van der Waals surface area contributed by atoms with Gasteiger partial charge in [0.05, 0.1) is 32.4 Å². The van der Waals surface area contributed by atoms with Crippen LogP contribution in [-0.4, -0.2) is 50.7 Å². The zero-order chi connectivity index (χ0) is 21.4. The summed E-state index contributed by atoms with van der Waals surface area (Å²) in [6, 6.07) is 12.3. The number of nitrogens with zero attached hydrogens (tertiary/aromatic N) is 1. The molecule has 1 N–H and O–H groups in total. The molecule has 0 aliphatic heterocycles. The molecule has 0 saturated heterocycles. The van der Waals surface area contributed by atoms with Crippen LogP contribution in [0.1, 0.15) is 29.8 Å². The summed E-state index contributed by atoms with van der Waals surface area (Å²) in [5, 5.41) is 2.83. The summed E-state index contributed by atoms with van der Waals surface area (Å²) in [7, 11) is 5.04. The molecule has 0 aliphatic carbocycles.